The first-order valence-electron chi connectivity index (χ1n) is 9.08. The fraction of sp³-hybridized carbons (Fsp3) is 0.286. The normalized spacial score (nSPS) is 12.0. The van der Waals surface area contributed by atoms with Crippen LogP contribution in [0.25, 0.3) is 10.9 Å². The summed E-state index contributed by atoms with van der Waals surface area (Å²) in [6.45, 7) is 6.63. The number of H-pyrrole nitrogens is 1. The largest absolute Gasteiger partial charge is 0.331 e. The third-order valence-electron chi connectivity index (χ3n) is 4.67. The second-order valence-corrected chi connectivity index (χ2v) is 6.57. The zero-order valence-corrected chi connectivity index (χ0v) is 15.8. The van der Waals surface area contributed by atoms with E-state index in [1.54, 1.807) is 23.1 Å². The van der Waals surface area contributed by atoms with Crippen LogP contribution in [0.5, 0.6) is 0 Å². The topological polar surface area (TPSA) is 78.1 Å². The van der Waals surface area contributed by atoms with Gasteiger partial charge in [-0.05, 0) is 44.0 Å². The summed E-state index contributed by atoms with van der Waals surface area (Å²) < 4.78 is 0. The van der Waals surface area contributed by atoms with Crippen molar-refractivity contribution in [2.75, 3.05) is 6.54 Å². The summed E-state index contributed by atoms with van der Waals surface area (Å²) in [7, 11) is 0. The molecule has 0 radical (unpaired) electrons. The molecule has 1 unspecified atom stereocenters. The van der Waals surface area contributed by atoms with E-state index in [4.69, 9.17) is 0 Å². The summed E-state index contributed by atoms with van der Waals surface area (Å²) in [5, 5.41) is 3.57. The zero-order valence-electron chi connectivity index (χ0n) is 15.8. The molecular formula is C21H24N4O2. The van der Waals surface area contributed by atoms with Crippen molar-refractivity contribution < 1.29 is 4.79 Å². The Balaban J connectivity index is 1.76. The van der Waals surface area contributed by atoms with E-state index < -0.39 is 0 Å². The summed E-state index contributed by atoms with van der Waals surface area (Å²) in [6.07, 6.45) is 0. The van der Waals surface area contributed by atoms with Crippen molar-refractivity contribution in [3.8, 4) is 0 Å². The number of hydrogen-bond donors (Lipinski definition) is 2. The fourth-order valence-corrected chi connectivity index (χ4v) is 3.14. The number of nitrogens with zero attached hydrogens (tertiary/aromatic N) is 2. The molecule has 1 atom stereocenters. The van der Waals surface area contributed by atoms with Crippen LogP contribution >= 0.6 is 0 Å². The van der Waals surface area contributed by atoms with Gasteiger partial charge in [-0.2, -0.15) is 0 Å². The molecule has 0 aliphatic carbocycles. The highest BCUT2D eigenvalue weighted by atomic mass is 16.2. The number of hydrogen-bond acceptors (Lipinski definition) is 3. The number of amides is 2. The predicted molar refractivity (Wildman–Crippen MR) is 107 cm³/mol. The summed E-state index contributed by atoms with van der Waals surface area (Å²) in [4.78, 5) is 33.8. The Labute approximate surface area is 158 Å². The van der Waals surface area contributed by atoms with Crippen molar-refractivity contribution in [1.29, 1.82) is 0 Å². The third kappa shape index (κ3) is 4.16. The van der Waals surface area contributed by atoms with Gasteiger partial charge in [-0.15, -0.1) is 0 Å². The average molecular weight is 364 g/mol. The van der Waals surface area contributed by atoms with Crippen LogP contribution < -0.4 is 10.9 Å². The van der Waals surface area contributed by atoms with Crippen LogP contribution in [0.3, 0.4) is 0 Å². The number of nitrogens with one attached hydrogen (secondary N) is 2. The molecule has 1 heterocycles. The summed E-state index contributed by atoms with van der Waals surface area (Å²) in [5.41, 5.74) is 2.65. The maximum absolute atomic E-state index is 12.7. The van der Waals surface area contributed by atoms with Gasteiger partial charge in [0, 0.05) is 6.54 Å². The highest BCUT2D eigenvalue weighted by Gasteiger charge is 2.17. The first-order valence-corrected chi connectivity index (χ1v) is 9.08. The first-order chi connectivity index (χ1) is 13.0. The Hall–Kier alpha value is -3.15. The Morgan fingerprint density at radius 3 is 2.63 bits per heavy atom. The molecule has 27 heavy (non-hydrogen) atoms. The predicted octanol–water partition coefficient (Wildman–Crippen LogP) is 3.52. The van der Waals surface area contributed by atoms with Gasteiger partial charge < -0.3 is 15.2 Å². The molecule has 0 aliphatic rings. The number of carbonyl (C=O) groups is 1. The van der Waals surface area contributed by atoms with E-state index in [0.29, 0.717) is 23.3 Å². The first kappa shape index (κ1) is 18.6. The lowest BCUT2D eigenvalue weighted by Gasteiger charge is -2.24. The van der Waals surface area contributed by atoms with Crippen LogP contribution in [-0.4, -0.2) is 27.4 Å². The number of aryl methyl sites for hydroxylation is 1. The molecule has 0 saturated carbocycles. The molecule has 2 aromatic carbocycles. The second-order valence-electron chi connectivity index (χ2n) is 6.57. The Morgan fingerprint density at radius 1 is 1.19 bits per heavy atom. The fourth-order valence-electron chi connectivity index (χ4n) is 3.14. The molecule has 0 fully saturated rings. The molecule has 6 heteroatoms. The number of para-hydroxylation sites is 1. The Morgan fingerprint density at radius 2 is 1.89 bits per heavy atom. The molecule has 0 bridgehead atoms. The Bertz CT molecular complexity index is 1010. The molecule has 6 nitrogen and oxygen atoms in total. The van der Waals surface area contributed by atoms with E-state index in [1.165, 1.54) is 0 Å². The summed E-state index contributed by atoms with van der Waals surface area (Å²) >= 11 is 0. The van der Waals surface area contributed by atoms with Gasteiger partial charge in [-0.1, -0.05) is 36.4 Å². The van der Waals surface area contributed by atoms with Crippen molar-refractivity contribution in [1.82, 2.24) is 20.2 Å². The van der Waals surface area contributed by atoms with Crippen molar-refractivity contribution in [3.63, 3.8) is 0 Å². The van der Waals surface area contributed by atoms with Gasteiger partial charge in [0.25, 0.3) is 5.56 Å². The van der Waals surface area contributed by atoms with E-state index in [-0.39, 0.29) is 24.2 Å². The molecule has 0 spiro atoms. The number of aromatic nitrogens is 2. The standard InChI is InChI=1S/C21H24N4O2/c1-4-25(21(27)22-15(3)16-10-6-5-9-14(16)2)13-19-23-18-12-8-7-11-17(18)20(26)24-19/h5-12,15H,4,13H2,1-3H3,(H,22,27)(H,23,24,26). The van der Waals surface area contributed by atoms with Gasteiger partial charge in [0.2, 0.25) is 0 Å². The van der Waals surface area contributed by atoms with Crippen LogP contribution in [0, 0.1) is 6.92 Å². The number of carbonyl (C=O) groups excluding carboxylic acids is 1. The van der Waals surface area contributed by atoms with Crippen LogP contribution in [0.15, 0.2) is 53.3 Å². The minimum absolute atomic E-state index is 0.114. The van der Waals surface area contributed by atoms with Gasteiger partial charge in [0.15, 0.2) is 0 Å². The van der Waals surface area contributed by atoms with Crippen LogP contribution in [0.2, 0.25) is 0 Å². The quantitative estimate of drug-likeness (QED) is 0.727. The van der Waals surface area contributed by atoms with Gasteiger partial charge in [-0.3, -0.25) is 4.79 Å². The highest BCUT2D eigenvalue weighted by molar-refractivity contribution is 5.77. The van der Waals surface area contributed by atoms with Crippen LogP contribution in [0.1, 0.15) is 36.8 Å². The molecule has 1 aromatic heterocycles. The van der Waals surface area contributed by atoms with E-state index in [1.807, 2.05) is 51.1 Å². The van der Waals surface area contributed by atoms with Gasteiger partial charge in [0.1, 0.15) is 5.82 Å². The number of benzene rings is 2. The maximum atomic E-state index is 12.7. The maximum Gasteiger partial charge on any atom is 0.318 e. The van der Waals surface area contributed by atoms with Gasteiger partial charge >= 0.3 is 6.03 Å². The summed E-state index contributed by atoms with van der Waals surface area (Å²) in [5.74, 6) is 0.472. The highest BCUT2D eigenvalue weighted by Crippen LogP contribution is 2.17. The smallest absolute Gasteiger partial charge is 0.318 e. The molecule has 0 aliphatic heterocycles. The second kappa shape index (κ2) is 8.03. The van der Waals surface area contributed by atoms with E-state index in [9.17, 15) is 9.59 Å². The lowest BCUT2D eigenvalue weighted by Crippen LogP contribution is -2.41. The minimum atomic E-state index is -0.194. The minimum Gasteiger partial charge on any atom is -0.331 e. The number of urea groups is 1. The van der Waals surface area contributed by atoms with E-state index in [0.717, 1.165) is 11.1 Å². The molecule has 3 aromatic rings. The Kier molecular flexibility index (Phi) is 5.54. The number of rotatable bonds is 5. The molecular weight excluding hydrogens is 340 g/mol. The molecule has 2 N–H and O–H groups in total. The van der Waals surface area contributed by atoms with Crippen molar-refractivity contribution in [3.05, 3.63) is 75.8 Å². The average Bonchev–Trinajstić information content (AvgIpc) is 2.66. The van der Waals surface area contributed by atoms with Crippen LogP contribution in [0.4, 0.5) is 4.79 Å². The summed E-state index contributed by atoms with van der Waals surface area (Å²) in [6, 6.07) is 14.9. The van der Waals surface area contributed by atoms with Gasteiger partial charge in [0.05, 0.1) is 23.5 Å². The number of aromatic amines is 1. The molecule has 0 saturated heterocycles. The lowest BCUT2D eigenvalue weighted by molar-refractivity contribution is 0.193. The SMILES string of the molecule is CCN(Cc1nc2ccccc2c(=O)[nH]1)C(=O)NC(C)c1ccccc1C. The molecule has 2 amide bonds. The monoisotopic (exact) mass is 364 g/mol. The third-order valence-corrected chi connectivity index (χ3v) is 4.67. The van der Waals surface area contributed by atoms with Crippen molar-refractivity contribution in [2.45, 2.75) is 33.4 Å². The van der Waals surface area contributed by atoms with Crippen molar-refractivity contribution in [2.24, 2.45) is 0 Å². The lowest BCUT2D eigenvalue weighted by atomic mass is 10.0. The van der Waals surface area contributed by atoms with E-state index >= 15 is 0 Å². The molecule has 140 valence electrons. The van der Waals surface area contributed by atoms with E-state index in [2.05, 4.69) is 15.3 Å². The van der Waals surface area contributed by atoms with Gasteiger partial charge in [-0.25, -0.2) is 9.78 Å². The number of fused-ring (bicyclic) bond motifs is 1. The zero-order chi connectivity index (χ0) is 19.4. The molecule has 3 rings (SSSR count). The van der Waals surface area contributed by atoms with Crippen LogP contribution in [-0.2, 0) is 6.54 Å². The van der Waals surface area contributed by atoms with Crippen molar-refractivity contribution >= 4 is 16.9 Å².